The van der Waals surface area contributed by atoms with E-state index in [1.165, 1.54) is 7.11 Å². The molecular weight excluding hydrogens is 332 g/mol. The zero-order valence-electron chi connectivity index (χ0n) is 15.3. The smallest absolute Gasteiger partial charge is 0.313 e. The predicted octanol–water partition coefficient (Wildman–Crippen LogP) is 1.21. The molecule has 2 unspecified atom stereocenters. The van der Waals surface area contributed by atoms with Gasteiger partial charge in [0.2, 0.25) is 11.8 Å². The van der Waals surface area contributed by atoms with Gasteiger partial charge in [0.15, 0.2) is 5.12 Å². The van der Waals surface area contributed by atoms with E-state index in [1.807, 2.05) is 13.8 Å². The molecule has 0 bridgehead atoms. The van der Waals surface area contributed by atoms with Crippen LogP contribution in [0.25, 0.3) is 0 Å². The fourth-order valence-corrected chi connectivity index (χ4v) is 2.88. The molecule has 8 heteroatoms. The fraction of sp³-hybridized carbons (Fsp3) is 0.750. The Morgan fingerprint density at radius 2 is 1.62 bits per heavy atom. The van der Waals surface area contributed by atoms with Crippen LogP contribution in [0.15, 0.2) is 0 Å². The van der Waals surface area contributed by atoms with Crippen LogP contribution < -0.4 is 5.32 Å². The lowest BCUT2D eigenvalue weighted by Gasteiger charge is -2.29. The number of ether oxygens (including phenoxy) is 1. The summed E-state index contributed by atoms with van der Waals surface area (Å²) in [6, 6.07) is -0.827. The van der Waals surface area contributed by atoms with Gasteiger partial charge in [-0.05, 0) is 13.8 Å². The lowest BCUT2D eigenvalue weighted by molar-refractivity contribution is -0.142. The van der Waals surface area contributed by atoms with E-state index in [9.17, 15) is 19.2 Å². The van der Waals surface area contributed by atoms with Crippen molar-refractivity contribution in [3.05, 3.63) is 0 Å². The SMILES string of the molecule is CCN(CC)C(=O)C(NC(=O)C(C)C)C(C)SC(=O)CC(=O)OC. The first-order chi connectivity index (χ1) is 11.2. The van der Waals surface area contributed by atoms with E-state index in [2.05, 4.69) is 10.1 Å². The molecule has 2 amide bonds. The predicted molar refractivity (Wildman–Crippen MR) is 93.4 cm³/mol. The van der Waals surface area contributed by atoms with Gasteiger partial charge >= 0.3 is 5.97 Å². The number of nitrogens with one attached hydrogen (secondary N) is 1. The minimum Gasteiger partial charge on any atom is -0.469 e. The van der Waals surface area contributed by atoms with E-state index in [0.29, 0.717) is 13.1 Å². The van der Waals surface area contributed by atoms with E-state index in [1.54, 1.807) is 25.7 Å². The first-order valence-corrected chi connectivity index (χ1v) is 8.91. The molecule has 0 aromatic carbocycles. The van der Waals surface area contributed by atoms with E-state index >= 15 is 0 Å². The van der Waals surface area contributed by atoms with Crippen LogP contribution >= 0.6 is 11.8 Å². The van der Waals surface area contributed by atoms with Gasteiger partial charge in [0.1, 0.15) is 12.5 Å². The second-order valence-electron chi connectivity index (χ2n) is 5.60. The number of methoxy groups -OCH3 is 1. The van der Waals surface area contributed by atoms with E-state index in [-0.39, 0.29) is 24.2 Å². The van der Waals surface area contributed by atoms with Gasteiger partial charge in [0.05, 0.1) is 7.11 Å². The second kappa shape index (κ2) is 11.1. The maximum atomic E-state index is 12.7. The van der Waals surface area contributed by atoms with Crippen LogP contribution in [-0.2, 0) is 23.9 Å². The van der Waals surface area contributed by atoms with Crippen molar-refractivity contribution in [2.75, 3.05) is 20.2 Å². The molecule has 0 aliphatic rings. The molecule has 0 aromatic rings. The molecule has 0 saturated carbocycles. The number of nitrogens with zero attached hydrogens (tertiary/aromatic N) is 1. The first-order valence-electron chi connectivity index (χ1n) is 8.03. The van der Waals surface area contributed by atoms with Gasteiger partial charge in [0, 0.05) is 24.3 Å². The van der Waals surface area contributed by atoms with Crippen LogP contribution in [0.2, 0.25) is 0 Å². The number of likely N-dealkylation sites (N-methyl/N-ethyl adjacent to an activating group) is 1. The molecule has 0 aliphatic carbocycles. The van der Waals surface area contributed by atoms with Crippen molar-refractivity contribution in [3.8, 4) is 0 Å². The normalized spacial score (nSPS) is 13.1. The zero-order chi connectivity index (χ0) is 18.9. The summed E-state index contributed by atoms with van der Waals surface area (Å²) >= 11 is 0.870. The third-order valence-corrected chi connectivity index (χ3v) is 4.52. The third kappa shape index (κ3) is 7.33. The van der Waals surface area contributed by atoms with Gasteiger partial charge in [-0.2, -0.15) is 0 Å². The van der Waals surface area contributed by atoms with Crippen LogP contribution in [0, 0.1) is 5.92 Å². The Kier molecular flexibility index (Phi) is 10.3. The molecule has 7 nitrogen and oxygen atoms in total. The topological polar surface area (TPSA) is 92.8 Å². The van der Waals surface area contributed by atoms with Gasteiger partial charge in [-0.1, -0.05) is 32.5 Å². The quantitative estimate of drug-likeness (QED) is 0.491. The zero-order valence-corrected chi connectivity index (χ0v) is 16.1. The standard InChI is InChI=1S/C16H28N2O5S/c1-7-18(8-2)16(22)14(17-15(21)10(3)4)11(5)24-13(20)9-12(19)23-6/h10-11,14H,7-9H2,1-6H3,(H,17,21). The Morgan fingerprint density at radius 1 is 1.08 bits per heavy atom. The van der Waals surface area contributed by atoms with Crippen molar-refractivity contribution in [1.82, 2.24) is 10.2 Å². The van der Waals surface area contributed by atoms with Crippen molar-refractivity contribution < 1.29 is 23.9 Å². The van der Waals surface area contributed by atoms with Crippen LogP contribution in [0.3, 0.4) is 0 Å². The average molecular weight is 360 g/mol. The third-order valence-electron chi connectivity index (χ3n) is 3.47. The van der Waals surface area contributed by atoms with Crippen LogP contribution in [0.1, 0.15) is 41.0 Å². The highest BCUT2D eigenvalue weighted by Gasteiger charge is 2.32. The van der Waals surface area contributed by atoms with Crippen LogP contribution in [-0.4, -0.2) is 59.3 Å². The molecule has 1 N–H and O–H groups in total. The molecule has 0 heterocycles. The Labute approximate surface area is 147 Å². The molecule has 0 rings (SSSR count). The lowest BCUT2D eigenvalue weighted by Crippen LogP contribution is -2.53. The second-order valence-corrected chi connectivity index (χ2v) is 7.03. The van der Waals surface area contributed by atoms with Gasteiger partial charge in [-0.25, -0.2) is 0 Å². The molecule has 0 aliphatic heterocycles. The summed E-state index contributed by atoms with van der Waals surface area (Å²) < 4.78 is 4.46. The summed E-state index contributed by atoms with van der Waals surface area (Å²) in [7, 11) is 1.21. The highest BCUT2D eigenvalue weighted by Crippen LogP contribution is 2.19. The number of hydrogen-bond donors (Lipinski definition) is 1. The minimum atomic E-state index is -0.827. The largest absolute Gasteiger partial charge is 0.469 e. The van der Waals surface area contributed by atoms with E-state index in [0.717, 1.165) is 11.8 Å². The summed E-state index contributed by atoms with van der Waals surface area (Å²) in [5.74, 6) is -1.40. The summed E-state index contributed by atoms with van der Waals surface area (Å²) in [4.78, 5) is 49.4. The minimum absolute atomic E-state index is 0.236. The van der Waals surface area contributed by atoms with E-state index < -0.39 is 22.4 Å². The molecule has 0 spiro atoms. The summed E-state index contributed by atoms with van der Waals surface area (Å²) in [6.07, 6.45) is -0.365. The van der Waals surface area contributed by atoms with Crippen molar-refractivity contribution in [1.29, 1.82) is 0 Å². The molecule has 2 atom stereocenters. The fourth-order valence-electron chi connectivity index (χ4n) is 1.94. The maximum absolute atomic E-state index is 12.7. The van der Waals surface area contributed by atoms with Gasteiger partial charge in [0.25, 0.3) is 0 Å². The van der Waals surface area contributed by atoms with Crippen molar-refractivity contribution >= 4 is 34.7 Å². The molecule has 138 valence electrons. The molecule has 0 aromatic heterocycles. The summed E-state index contributed by atoms with van der Waals surface area (Å²) in [5, 5.41) is 1.82. The number of hydrogen-bond acceptors (Lipinski definition) is 6. The Bertz CT molecular complexity index is 463. The molecular formula is C16H28N2O5S. The molecule has 24 heavy (non-hydrogen) atoms. The van der Waals surface area contributed by atoms with Crippen molar-refractivity contribution in [3.63, 3.8) is 0 Å². The number of carbonyl (C=O) groups is 4. The first kappa shape index (κ1) is 22.4. The van der Waals surface area contributed by atoms with E-state index in [4.69, 9.17) is 0 Å². The summed E-state index contributed by atoms with van der Waals surface area (Å²) in [6.45, 7) is 9.87. The Hall–Kier alpha value is -1.57. The molecule has 0 saturated heterocycles. The Morgan fingerprint density at radius 3 is 2.04 bits per heavy atom. The number of carbonyl (C=O) groups excluding carboxylic acids is 4. The Balaban J connectivity index is 5.15. The van der Waals surface area contributed by atoms with Crippen molar-refractivity contribution in [2.24, 2.45) is 5.92 Å². The van der Waals surface area contributed by atoms with Crippen LogP contribution in [0.4, 0.5) is 0 Å². The number of amides is 2. The van der Waals surface area contributed by atoms with Crippen LogP contribution in [0.5, 0.6) is 0 Å². The summed E-state index contributed by atoms with van der Waals surface area (Å²) in [5.41, 5.74) is 0. The maximum Gasteiger partial charge on any atom is 0.313 e. The molecule has 0 fully saturated rings. The number of esters is 1. The highest BCUT2D eigenvalue weighted by atomic mass is 32.2. The lowest BCUT2D eigenvalue weighted by atomic mass is 10.1. The van der Waals surface area contributed by atoms with Gasteiger partial charge in [-0.3, -0.25) is 19.2 Å². The monoisotopic (exact) mass is 360 g/mol. The number of rotatable bonds is 9. The van der Waals surface area contributed by atoms with Crippen molar-refractivity contribution in [2.45, 2.75) is 52.3 Å². The molecule has 0 radical (unpaired) electrons. The highest BCUT2D eigenvalue weighted by molar-refractivity contribution is 8.14. The van der Waals surface area contributed by atoms with Gasteiger partial charge < -0.3 is 15.0 Å². The van der Waals surface area contributed by atoms with Gasteiger partial charge in [-0.15, -0.1) is 0 Å². The average Bonchev–Trinajstić information content (AvgIpc) is 2.52. The number of thioether (sulfide) groups is 1.